The molecule has 0 fully saturated rings. The molecule has 2 N–H and O–H groups in total. The highest BCUT2D eigenvalue weighted by atomic mass is 16.5. The van der Waals surface area contributed by atoms with Crippen molar-refractivity contribution < 1.29 is 19.1 Å². The lowest BCUT2D eigenvalue weighted by atomic mass is 10.1. The first kappa shape index (κ1) is 32.5. The molecule has 6 heteroatoms. The standard InChI is InChI=1S/C22H20N2O2.2C5H12O/c25-21(19-10-3-1-4-11-19)23-15-17-8-7-9-18(14-17)16-24-22(26)20-12-5-2-6-13-20;2*1-4-6-5(2)3/h1-14H,15-16H2,(H,23,25)(H,24,26);2*5H,4H2,1-3H3. The summed E-state index contributed by atoms with van der Waals surface area (Å²) in [7, 11) is 0. The van der Waals surface area contributed by atoms with Crippen LogP contribution in [-0.4, -0.2) is 37.2 Å². The Morgan fingerprint density at radius 2 is 0.974 bits per heavy atom. The van der Waals surface area contributed by atoms with Gasteiger partial charge in [-0.2, -0.15) is 0 Å². The first-order valence-electron chi connectivity index (χ1n) is 13.2. The topological polar surface area (TPSA) is 76.7 Å². The van der Waals surface area contributed by atoms with E-state index in [0.717, 1.165) is 24.3 Å². The summed E-state index contributed by atoms with van der Waals surface area (Å²) in [6, 6.07) is 26.1. The van der Waals surface area contributed by atoms with Gasteiger partial charge in [-0.25, -0.2) is 0 Å². The van der Waals surface area contributed by atoms with Crippen LogP contribution in [0.25, 0.3) is 0 Å². The molecule has 0 atom stereocenters. The van der Waals surface area contributed by atoms with E-state index in [-0.39, 0.29) is 11.8 Å². The van der Waals surface area contributed by atoms with Gasteiger partial charge in [-0.05, 0) is 76.9 Å². The van der Waals surface area contributed by atoms with Crippen molar-refractivity contribution in [2.75, 3.05) is 13.2 Å². The number of carbonyl (C=O) groups excluding carboxylic acids is 2. The Morgan fingerprint density at radius 3 is 1.26 bits per heavy atom. The smallest absolute Gasteiger partial charge is 0.251 e. The molecule has 0 radical (unpaired) electrons. The summed E-state index contributed by atoms with van der Waals surface area (Å²) in [5.74, 6) is -0.207. The molecule has 0 bridgehead atoms. The average Bonchev–Trinajstić information content (AvgIpc) is 2.92. The van der Waals surface area contributed by atoms with Crippen LogP contribution in [0.15, 0.2) is 84.9 Å². The van der Waals surface area contributed by atoms with E-state index < -0.39 is 0 Å². The molecule has 0 heterocycles. The molecule has 3 aromatic carbocycles. The fraction of sp³-hybridized carbons (Fsp3) is 0.375. The van der Waals surface area contributed by atoms with Crippen LogP contribution in [-0.2, 0) is 22.6 Å². The summed E-state index contributed by atoms with van der Waals surface area (Å²) in [4.78, 5) is 24.2. The van der Waals surface area contributed by atoms with E-state index >= 15 is 0 Å². The minimum atomic E-state index is -0.103. The van der Waals surface area contributed by atoms with E-state index in [9.17, 15) is 9.59 Å². The number of hydrogen-bond acceptors (Lipinski definition) is 4. The van der Waals surface area contributed by atoms with Crippen molar-refractivity contribution in [1.82, 2.24) is 10.6 Å². The summed E-state index contributed by atoms with van der Waals surface area (Å²) in [5, 5.41) is 5.81. The van der Waals surface area contributed by atoms with Crippen LogP contribution in [0.2, 0.25) is 0 Å². The van der Waals surface area contributed by atoms with Gasteiger partial charge in [-0.3, -0.25) is 9.59 Å². The number of rotatable bonds is 10. The molecule has 3 aromatic rings. The van der Waals surface area contributed by atoms with Gasteiger partial charge in [-0.15, -0.1) is 0 Å². The van der Waals surface area contributed by atoms with Gasteiger partial charge in [0, 0.05) is 37.4 Å². The highest BCUT2D eigenvalue weighted by Gasteiger charge is 2.06. The zero-order valence-electron chi connectivity index (χ0n) is 23.7. The van der Waals surface area contributed by atoms with E-state index in [1.165, 1.54) is 0 Å². The minimum Gasteiger partial charge on any atom is -0.379 e. The maximum Gasteiger partial charge on any atom is 0.251 e. The molecule has 0 saturated heterocycles. The first-order valence-corrected chi connectivity index (χ1v) is 13.2. The third kappa shape index (κ3) is 14.9. The van der Waals surface area contributed by atoms with Gasteiger partial charge in [0.2, 0.25) is 0 Å². The van der Waals surface area contributed by atoms with Crippen molar-refractivity contribution in [3.8, 4) is 0 Å². The quantitative estimate of drug-likeness (QED) is 0.324. The molecule has 38 heavy (non-hydrogen) atoms. The molecule has 206 valence electrons. The second-order valence-corrected chi connectivity index (χ2v) is 8.93. The number of hydrogen-bond donors (Lipinski definition) is 2. The Morgan fingerprint density at radius 1 is 0.605 bits per heavy atom. The maximum absolute atomic E-state index is 12.1. The highest BCUT2D eigenvalue weighted by molar-refractivity contribution is 5.94. The van der Waals surface area contributed by atoms with Crippen LogP contribution in [0, 0.1) is 0 Å². The average molecular weight is 521 g/mol. The van der Waals surface area contributed by atoms with Crippen LogP contribution in [0.3, 0.4) is 0 Å². The highest BCUT2D eigenvalue weighted by Crippen LogP contribution is 2.07. The predicted molar refractivity (Wildman–Crippen MR) is 155 cm³/mol. The van der Waals surface area contributed by atoms with Gasteiger partial charge in [0.05, 0.1) is 12.2 Å². The third-order valence-electron chi connectivity index (χ3n) is 4.97. The van der Waals surface area contributed by atoms with E-state index in [1.807, 2.05) is 102 Å². The van der Waals surface area contributed by atoms with E-state index in [1.54, 1.807) is 24.3 Å². The summed E-state index contributed by atoms with van der Waals surface area (Å²) in [5.41, 5.74) is 3.25. The zero-order valence-corrected chi connectivity index (χ0v) is 23.7. The van der Waals surface area contributed by atoms with Crippen molar-refractivity contribution in [2.24, 2.45) is 0 Å². The maximum atomic E-state index is 12.1. The molecule has 0 saturated carbocycles. The Labute approximate surface area is 228 Å². The van der Waals surface area contributed by atoms with Crippen molar-refractivity contribution in [3.05, 3.63) is 107 Å². The molecule has 3 rings (SSSR count). The fourth-order valence-electron chi connectivity index (χ4n) is 3.26. The van der Waals surface area contributed by atoms with Crippen molar-refractivity contribution in [3.63, 3.8) is 0 Å². The monoisotopic (exact) mass is 520 g/mol. The van der Waals surface area contributed by atoms with E-state index in [2.05, 4.69) is 10.6 Å². The Hall–Kier alpha value is -3.48. The zero-order chi connectivity index (χ0) is 28.2. The van der Waals surface area contributed by atoms with E-state index in [4.69, 9.17) is 9.47 Å². The normalized spacial score (nSPS) is 10.1. The number of ether oxygens (including phenoxy) is 2. The fourth-order valence-corrected chi connectivity index (χ4v) is 3.26. The van der Waals surface area contributed by atoms with Crippen LogP contribution in [0.1, 0.15) is 73.4 Å². The molecule has 0 aromatic heterocycles. The molecular weight excluding hydrogens is 476 g/mol. The third-order valence-corrected chi connectivity index (χ3v) is 4.97. The minimum absolute atomic E-state index is 0.103. The molecule has 0 unspecified atom stereocenters. The number of benzene rings is 3. The molecule has 6 nitrogen and oxygen atoms in total. The van der Waals surface area contributed by atoms with Gasteiger partial charge < -0.3 is 20.1 Å². The lowest BCUT2D eigenvalue weighted by Crippen LogP contribution is -2.24. The molecular formula is C32H44N2O4. The number of nitrogens with one attached hydrogen (secondary N) is 2. The molecule has 0 aliphatic heterocycles. The summed E-state index contributed by atoms with van der Waals surface area (Å²) >= 11 is 0. The van der Waals surface area contributed by atoms with Crippen LogP contribution < -0.4 is 10.6 Å². The lowest BCUT2D eigenvalue weighted by molar-refractivity contribution is 0.0897. The van der Waals surface area contributed by atoms with Crippen LogP contribution in [0.5, 0.6) is 0 Å². The second-order valence-electron chi connectivity index (χ2n) is 8.93. The molecule has 0 aliphatic carbocycles. The summed E-state index contributed by atoms with van der Waals surface area (Å²) in [6.07, 6.45) is 0.796. The van der Waals surface area contributed by atoms with Gasteiger partial charge >= 0.3 is 0 Å². The first-order chi connectivity index (χ1) is 18.3. The summed E-state index contributed by atoms with van der Waals surface area (Å²) < 4.78 is 10.1. The number of amides is 2. The van der Waals surface area contributed by atoms with Crippen LogP contribution >= 0.6 is 0 Å². The molecule has 0 spiro atoms. The van der Waals surface area contributed by atoms with Gasteiger partial charge in [-0.1, -0.05) is 60.7 Å². The van der Waals surface area contributed by atoms with Crippen molar-refractivity contribution in [1.29, 1.82) is 0 Å². The SMILES string of the molecule is CCOC(C)C.CCOC(C)C.O=C(NCc1cccc(CNC(=O)c2ccccc2)c1)c1ccccc1. The molecule has 2 amide bonds. The van der Waals surface area contributed by atoms with Crippen LogP contribution in [0.4, 0.5) is 0 Å². The van der Waals surface area contributed by atoms with E-state index in [0.29, 0.717) is 36.4 Å². The number of carbonyl (C=O) groups is 2. The van der Waals surface area contributed by atoms with Gasteiger partial charge in [0.1, 0.15) is 0 Å². The van der Waals surface area contributed by atoms with Gasteiger partial charge in [0.15, 0.2) is 0 Å². The second kappa shape index (κ2) is 19.6. The van der Waals surface area contributed by atoms with Gasteiger partial charge in [0.25, 0.3) is 11.8 Å². The molecule has 0 aliphatic rings. The van der Waals surface area contributed by atoms with Crippen molar-refractivity contribution >= 4 is 11.8 Å². The summed E-state index contributed by atoms with van der Waals surface area (Å²) in [6.45, 7) is 14.7. The Bertz CT molecular complexity index is 957. The Balaban J connectivity index is 0.000000503. The Kier molecular flexibility index (Phi) is 16.8. The predicted octanol–water partition coefficient (Wildman–Crippen LogP) is 6.41. The lowest BCUT2D eigenvalue weighted by Gasteiger charge is -2.09. The largest absolute Gasteiger partial charge is 0.379 e. The van der Waals surface area contributed by atoms with Crippen molar-refractivity contribution in [2.45, 2.75) is 66.8 Å².